The van der Waals surface area contributed by atoms with E-state index in [1.807, 2.05) is 54.6 Å². The van der Waals surface area contributed by atoms with Crippen molar-refractivity contribution in [3.8, 4) is 0 Å². The molecule has 0 radical (unpaired) electrons. The van der Waals surface area contributed by atoms with Gasteiger partial charge in [0.25, 0.3) is 0 Å². The van der Waals surface area contributed by atoms with Crippen molar-refractivity contribution in [3.05, 3.63) is 118 Å². The second-order valence-electron chi connectivity index (χ2n) is 6.85. The van der Waals surface area contributed by atoms with Crippen molar-refractivity contribution in [3.63, 3.8) is 0 Å². The van der Waals surface area contributed by atoms with Gasteiger partial charge in [0.2, 0.25) is 5.91 Å². The monoisotopic (exact) mass is 400 g/mol. The molecule has 1 saturated heterocycles. The molecule has 5 nitrogen and oxygen atoms in total. The summed E-state index contributed by atoms with van der Waals surface area (Å²) in [5.41, 5.74) is 12.1. The Morgan fingerprint density at radius 1 is 0.862 bits per heavy atom. The summed E-state index contributed by atoms with van der Waals surface area (Å²) in [6.45, 7) is 0.161. The van der Waals surface area contributed by atoms with Crippen LogP contribution >= 0.6 is 11.8 Å². The maximum Gasteiger partial charge on any atom is 0.227 e. The van der Waals surface area contributed by atoms with Crippen molar-refractivity contribution in [2.45, 2.75) is 10.1 Å². The molecule has 1 aliphatic rings. The first-order chi connectivity index (χ1) is 14.3. The topological polar surface area (TPSA) is 77.9 Å². The Labute approximate surface area is 173 Å². The summed E-state index contributed by atoms with van der Waals surface area (Å²) < 4.78 is -0.517. The zero-order valence-electron chi connectivity index (χ0n) is 15.7. The molecule has 2 unspecified atom stereocenters. The second kappa shape index (κ2) is 8.43. The molecule has 1 amide bonds. The number of azide groups is 1. The molecule has 0 aromatic heterocycles. The number of rotatable bonds is 7. The van der Waals surface area contributed by atoms with Crippen molar-refractivity contribution in [2.24, 2.45) is 11.0 Å². The number of β-lactam (4-membered cyclic amide) rings is 1. The van der Waals surface area contributed by atoms with Crippen LogP contribution in [0.2, 0.25) is 0 Å². The van der Waals surface area contributed by atoms with E-state index in [0.717, 1.165) is 16.7 Å². The van der Waals surface area contributed by atoms with Gasteiger partial charge >= 0.3 is 0 Å². The van der Waals surface area contributed by atoms with Crippen LogP contribution in [-0.2, 0) is 9.54 Å². The molecule has 1 heterocycles. The maximum absolute atomic E-state index is 12.1. The molecule has 0 spiro atoms. The van der Waals surface area contributed by atoms with Crippen LogP contribution in [0.25, 0.3) is 10.4 Å². The van der Waals surface area contributed by atoms with E-state index >= 15 is 0 Å². The first-order valence-electron chi connectivity index (χ1n) is 9.41. The number of nitrogens with zero attached hydrogens (tertiary/aromatic N) is 3. The summed E-state index contributed by atoms with van der Waals surface area (Å²) in [5, 5.41) is 6.50. The first-order valence-corrected chi connectivity index (χ1v) is 10.3. The number of benzene rings is 3. The molecule has 2 atom stereocenters. The molecule has 0 aliphatic carbocycles. The summed E-state index contributed by atoms with van der Waals surface area (Å²) in [4.78, 5) is 15.0. The second-order valence-corrected chi connectivity index (χ2v) is 8.20. The van der Waals surface area contributed by atoms with E-state index in [1.54, 1.807) is 11.8 Å². The zero-order valence-corrected chi connectivity index (χ0v) is 16.5. The third-order valence-corrected chi connectivity index (χ3v) is 6.93. The van der Waals surface area contributed by atoms with Gasteiger partial charge in [-0.05, 0) is 22.2 Å². The average Bonchev–Trinajstić information content (AvgIpc) is 2.78. The summed E-state index contributed by atoms with van der Waals surface area (Å²) in [6.07, 6.45) is 0. The molecule has 3 aromatic carbocycles. The van der Waals surface area contributed by atoms with Gasteiger partial charge in [-0.25, -0.2) is 0 Å². The zero-order chi connectivity index (χ0) is 20.1. The molecule has 144 valence electrons. The standard InChI is InChI=1S/C23H20N4OS/c24-27-25-16-20-21(28)26-22(20)29-23(17-10-4-1-5-11-17,18-12-6-2-7-13-18)19-14-8-3-9-15-19/h1-15,20,22H,16H2,(H,26,28). The molecule has 1 N–H and O–H groups in total. The van der Waals surface area contributed by atoms with Crippen molar-refractivity contribution in [2.75, 3.05) is 6.54 Å². The molecular formula is C23H20N4OS. The minimum Gasteiger partial charge on any atom is -0.343 e. The molecule has 4 rings (SSSR count). The highest BCUT2D eigenvalue weighted by Gasteiger charge is 2.47. The average molecular weight is 401 g/mol. The lowest BCUT2D eigenvalue weighted by atomic mass is 9.84. The van der Waals surface area contributed by atoms with Gasteiger partial charge in [-0.3, -0.25) is 4.79 Å². The Kier molecular flexibility index (Phi) is 5.56. The number of nitrogens with one attached hydrogen (secondary N) is 1. The van der Waals surface area contributed by atoms with E-state index in [4.69, 9.17) is 5.53 Å². The quantitative estimate of drug-likeness (QED) is 0.197. The van der Waals surface area contributed by atoms with Crippen LogP contribution in [0.1, 0.15) is 16.7 Å². The fraction of sp³-hybridized carbons (Fsp3) is 0.174. The van der Waals surface area contributed by atoms with Crippen LogP contribution in [0.5, 0.6) is 0 Å². The van der Waals surface area contributed by atoms with Crippen LogP contribution < -0.4 is 5.32 Å². The van der Waals surface area contributed by atoms with Gasteiger partial charge in [0.1, 0.15) is 0 Å². The van der Waals surface area contributed by atoms with Crippen molar-refractivity contribution in [1.29, 1.82) is 0 Å². The van der Waals surface area contributed by atoms with Gasteiger partial charge in [0.05, 0.1) is 16.0 Å². The highest BCUT2D eigenvalue weighted by atomic mass is 32.2. The summed E-state index contributed by atoms with van der Waals surface area (Å²) in [7, 11) is 0. The van der Waals surface area contributed by atoms with E-state index in [1.165, 1.54) is 0 Å². The predicted molar refractivity (Wildman–Crippen MR) is 116 cm³/mol. The van der Waals surface area contributed by atoms with Crippen molar-refractivity contribution >= 4 is 17.7 Å². The predicted octanol–water partition coefficient (Wildman–Crippen LogP) is 5.09. The largest absolute Gasteiger partial charge is 0.343 e. The normalized spacial score (nSPS) is 18.3. The number of carbonyl (C=O) groups is 1. The number of amides is 1. The maximum atomic E-state index is 12.1. The van der Waals surface area contributed by atoms with E-state index in [9.17, 15) is 4.79 Å². The van der Waals surface area contributed by atoms with E-state index in [-0.39, 0.29) is 23.7 Å². The fourth-order valence-electron chi connectivity index (χ4n) is 3.72. The summed E-state index contributed by atoms with van der Waals surface area (Å²) in [6, 6.07) is 30.9. The lowest BCUT2D eigenvalue weighted by Crippen LogP contribution is -2.58. The molecule has 3 aromatic rings. The van der Waals surface area contributed by atoms with Gasteiger partial charge in [0, 0.05) is 11.5 Å². The minimum atomic E-state index is -0.517. The van der Waals surface area contributed by atoms with Crippen molar-refractivity contribution < 1.29 is 4.79 Å². The number of hydrogen-bond acceptors (Lipinski definition) is 3. The molecule has 0 bridgehead atoms. The van der Waals surface area contributed by atoms with Crippen LogP contribution in [0.4, 0.5) is 0 Å². The van der Waals surface area contributed by atoms with Gasteiger partial charge in [-0.15, -0.1) is 11.8 Å². The van der Waals surface area contributed by atoms with Gasteiger partial charge in [-0.1, -0.05) is 96.1 Å². The third-order valence-electron chi connectivity index (χ3n) is 5.17. The lowest BCUT2D eigenvalue weighted by Gasteiger charge is -2.44. The minimum absolute atomic E-state index is 0.0713. The lowest BCUT2D eigenvalue weighted by molar-refractivity contribution is -0.131. The molecule has 6 heteroatoms. The number of thioether (sulfide) groups is 1. The van der Waals surface area contributed by atoms with E-state index in [2.05, 4.69) is 51.7 Å². The van der Waals surface area contributed by atoms with Crippen LogP contribution in [0.3, 0.4) is 0 Å². The van der Waals surface area contributed by atoms with Crippen LogP contribution in [-0.4, -0.2) is 17.8 Å². The van der Waals surface area contributed by atoms with Gasteiger partial charge < -0.3 is 5.32 Å². The van der Waals surface area contributed by atoms with Crippen LogP contribution in [0, 0.1) is 5.92 Å². The fourth-order valence-corrected chi connectivity index (χ4v) is 5.46. The van der Waals surface area contributed by atoms with Crippen LogP contribution in [0.15, 0.2) is 96.1 Å². The third kappa shape index (κ3) is 3.60. The smallest absolute Gasteiger partial charge is 0.227 e. The van der Waals surface area contributed by atoms with Gasteiger partial charge in [0.15, 0.2) is 0 Å². The van der Waals surface area contributed by atoms with E-state index in [0.29, 0.717) is 0 Å². The molecule has 0 saturated carbocycles. The number of carbonyl (C=O) groups excluding carboxylic acids is 1. The highest BCUT2D eigenvalue weighted by Crippen LogP contribution is 2.52. The Morgan fingerprint density at radius 3 is 1.69 bits per heavy atom. The molecular weight excluding hydrogens is 380 g/mol. The molecule has 1 fully saturated rings. The Morgan fingerprint density at radius 2 is 1.31 bits per heavy atom. The van der Waals surface area contributed by atoms with Gasteiger partial charge in [-0.2, -0.15) is 0 Å². The van der Waals surface area contributed by atoms with Crippen molar-refractivity contribution in [1.82, 2.24) is 5.32 Å². The number of hydrogen-bond donors (Lipinski definition) is 1. The molecule has 29 heavy (non-hydrogen) atoms. The van der Waals surface area contributed by atoms with E-state index < -0.39 is 4.75 Å². The highest BCUT2D eigenvalue weighted by molar-refractivity contribution is 8.01. The summed E-state index contributed by atoms with van der Waals surface area (Å²) >= 11 is 1.69. The summed E-state index contributed by atoms with van der Waals surface area (Å²) in [5.74, 6) is -0.413. The SMILES string of the molecule is [N-]=[N+]=NCC1C(=O)NC1SC(c1ccccc1)(c1ccccc1)c1ccccc1. The molecule has 1 aliphatic heterocycles. The Hall–Kier alpha value is -3.21. The Balaban J connectivity index is 1.87. The first kappa shape index (κ1) is 19.1. The Bertz CT molecular complexity index is 924.